The summed E-state index contributed by atoms with van der Waals surface area (Å²) in [5.74, 6) is 0.292. The number of hydrogen-bond donors (Lipinski definition) is 1. The average molecular weight is 648 g/mol. The average Bonchev–Trinajstić information content (AvgIpc) is 3.49. The highest BCUT2D eigenvalue weighted by molar-refractivity contribution is 9.10. The quantitative estimate of drug-likeness (QED) is 0.420. The van der Waals surface area contributed by atoms with Crippen LogP contribution in [0.4, 0.5) is 18.0 Å². The fraction of sp³-hybridized carbons (Fsp3) is 0.533. The predicted molar refractivity (Wildman–Crippen MR) is 154 cm³/mol. The molecule has 2 aliphatic heterocycles. The molecule has 1 aromatic carbocycles. The van der Waals surface area contributed by atoms with E-state index in [4.69, 9.17) is 15.5 Å². The van der Waals surface area contributed by atoms with Crippen LogP contribution >= 0.6 is 15.9 Å². The van der Waals surface area contributed by atoms with Gasteiger partial charge in [-0.2, -0.15) is 23.5 Å². The fourth-order valence-corrected chi connectivity index (χ4v) is 7.08. The number of carbonyl (C=O) groups excluding carboxylic acids is 1. The molecule has 8 nitrogen and oxygen atoms in total. The van der Waals surface area contributed by atoms with Gasteiger partial charge in [0.05, 0.1) is 29.6 Å². The Kier molecular flexibility index (Phi) is 7.94. The number of aliphatic imine (C=N–C) groups is 1. The smallest absolute Gasteiger partial charge is 0.417 e. The Morgan fingerprint density at radius 2 is 2.02 bits per heavy atom. The van der Waals surface area contributed by atoms with Crippen LogP contribution < -0.4 is 5.73 Å². The number of nitriles is 1. The molecule has 2 aromatic rings. The molecule has 2 N–H and O–H groups in total. The number of alkyl halides is 3. The Morgan fingerprint density at radius 3 is 2.69 bits per heavy atom. The topological polar surface area (TPSA) is 110 Å². The maximum atomic E-state index is 13.3. The number of carbonyl (C=O) groups is 1. The van der Waals surface area contributed by atoms with Gasteiger partial charge in [-0.15, -0.1) is 0 Å². The summed E-state index contributed by atoms with van der Waals surface area (Å²) in [6.45, 7) is 7.52. The van der Waals surface area contributed by atoms with E-state index < -0.39 is 17.3 Å². The van der Waals surface area contributed by atoms with E-state index >= 15 is 0 Å². The van der Waals surface area contributed by atoms with Crippen molar-refractivity contribution < 1.29 is 22.7 Å². The van der Waals surface area contributed by atoms with Crippen LogP contribution in [0.25, 0.3) is 0 Å². The molecule has 5 rings (SSSR count). The highest BCUT2D eigenvalue weighted by Crippen LogP contribution is 2.56. The summed E-state index contributed by atoms with van der Waals surface area (Å²) in [5, 5.41) is 14.5. The lowest BCUT2D eigenvalue weighted by atomic mass is 9.56. The number of aromatic nitrogens is 2. The van der Waals surface area contributed by atoms with Crippen LogP contribution in [0.5, 0.6) is 0 Å². The summed E-state index contributed by atoms with van der Waals surface area (Å²) in [4.78, 5) is 19.1. The molecule has 1 saturated heterocycles. The van der Waals surface area contributed by atoms with Gasteiger partial charge in [-0.1, -0.05) is 12.1 Å². The minimum absolute atomic E-state index is 0.00166. The van der Waals surface area contributed by atoms with Crippen molar-refractivity contribution in [3.8, 4) is 6.07 Å². The zero-order chi connectivity index (χ0) is 30.4. The molecule has 42 heavy (non-hydrogen) atoms. The van der Waals surface area contributed by atoms with Gasteiger partial charge in [-0.05, 0) is 85.3 Å². The van der Waals surface area contributed by atoms with Crippen molar-refractivity contribution in [1.82, 2.24) is 14.7 Å². The van der Waals surface area contributed by atoms with Crippen LogP contribution in [0.3, 0.4) is 0 Å². The number of benzene rings is 1. The first kappa shape index (κ1) is 30.1. The van der Waals surface area contributed by atoms with Crippen molar-refractivity contribution in [3.05, 3.63) is 63.0 Å². The zero-order valence-electron chi connectivity index (χ0n) is 23.8. The van der Waals surface area contributed by atoms with E-state index in [0.29, 0.717) is 60.1 Å². The number of likely N-dealkylation sites (tertiary alicyclic amines) is 1. The molecule has 0 bridgehead atoms. The number of hydrogen-bond acceptors (Lipinski definition) is 6. The van der Waals surface area contributed by atoms with Crippen LogP contribution in [0.15, 0.2) is 51.3 Å². The Bertz CT molecular complexity index is 1480. The summed E-state index contributed by atoms with van der Waals surface area (Å²) in [6, 6.07) is 6.26. The molecule has 0 unspecified atom stereocenters. The Balaban J connectivity index is 1.28. The van der Waals surface area contributed by atoms with E-state index in [1.807, 2.05) is 20.8 Å². The lowest BCUT2D eigenvalue weighted by Gasteiger charge is -2.48. The Hall–Kier alpha value is -3.33. The molecule has 1 aliphatic carbocycles. The van der Waals surface area contributed by atoms with E-state index in [1.54, 1.807) is 23.4 Å². The van der Waals surface area contributed by atoms with Crippen molar-refractivity contribution in [2.24, 2.45) is 28.0 Å². The van der Waals surface area contributed by atoms with E-state index in [-0.39, 0.29) is 28.4 Å². The predicted octanol–water partition coefficient (Wildman–Crippen LogP) is 6.30. The second-order valence-electron chi connectivity index (χ2n) is 12.6. The number of allylic oxidation sites excluding steroid dienone is 2. The van der Waals surface area contributed by atoms with Gasteiger partial charge in [0.1, 0.15) is 11.7 Å². The minimum Gasteiger partial charge on any atom is -0.444 e. The van der Waals surface area contributed by atoms with E-state index in [2.05, 4.69) is 27.1 Å². The largest absolute Gasteiger partial charge is 0.444 e. The summed E-state index contributed by atoms with van der Waals surface area (Å²) in [5.41, 5.74) is 7.75. The second-order valence-corrected chi connectivity index (χ2v) is 13.4. The first-order chi connectivity index (χ1) is 19.7. The van der Waals surface area contributed by atoms with Crippen LogP contribution in [-0.2, 0) is 17.5 Å². The molecular formula is C30H34BrF3N6O2. The number of nitrogens with zero attached hydrogens (tertiary/aromatic N) is 5. The maximum Gasteiger partial charge on any atom is 0.417 e. The molecule has 3 aliphatic rings. The molecule has 224 valence electrons. The lowest BCUT2D eigenvalue weighted by molar-refractivity contribution is -0.138. The van der Waals surface area contributed by atoms with Gasteiger partial charge in [0.15, 0.2) is 0 Å². The molecule has 12 heteroatoms. The summed E-state index contributed by atoms with van der Waals surface area (Å²) < 4.78 is 47.1. The van der Waals surface area contributed by atoms with Crippen molar-refractivity contribution >= 4 is 27.7 Å². The third kappa shape index (κ3) is 6.07. The first-order valence-corrected chi connectivity index (χ1v) is 14.8. The fourth-order valence-electron chi connectivity index (χ4n) is 6.47. The number of halogens is 4. The highest BCUT2D eigenvalue weighted by atomic mass is 79.9. The minimum atomic E-state index is -4.48. The van der Waals surface area contributed by atoms with Crippen molar-refractivity contribution in [2.75, 3.05) is 19.6 Å². The third-order valence-corrected chi connectivity index (χ3v) is 9.36. The molecule has 0 radical (unpaired) electrons. The Labute approximate surface area is 251 Å². The van der Waals surface area contributed by atoms with Crippen molar-refractivity contribution in [2.45, 2.75) is 64.8 Å². The highest BCUT2D eigenvalue weighted by Gasteiger charge is 2.52. The molecule has 1 saturated carbocycles. The van der Waals surface area contributed by atoms with Gasteiger partial charge in [-0.3, -0.25) is 9.67 Å². The molecule has 1 atom stereocenters. The van der Waals surface area contributed by atoms with Crippen LogP contribution in [-0.4, -0.2) is 51.7 Å². The molecular weight excluding hydrogens is 613 g/mol. The van der Waals surface area contributed by atoms with Gasteiger partial charge < -0.3 is 15.4 Å². The number of ether oxygens (including phenoxy) is 1. The van der Waals surface area contributed by atoms with E-state index in [9.17, 15) is 23.2 Å². The number of amides is 1. The first-order valence-electron chi connectivity index (χ1n) is 14.0. The van der Waals surface area contributed by atoms with E-state index in [1.165, 1.54) is 10.7 Å². The number of nitrogens with two attached hydrogens (primary N) is 1. The normalized spacial score (nSPS) is 24.7. The monoisotopic (exact) mass is 646 g/mol. The molecule has 3 heterocycles. The third-order valence-electron chi connectivity index (χ3n) is 8.42. The van der Waals surface area contributed by atoms with Crippen molar-refractivity contribution in [3.63, 3.8) is 0 Å². The molecule has 1 amide bonds. The standard InChI is InChI=1S/C30H34BrF3N6O2/c1-28(2,3)42-27(41)39-10-8-29(17-39)11-19(12-29)21-7-9-37-26(22(13-35)25(21)36)20-14-38-40(16-20)15-18-5-4-6-23(24(18)31)30(32,33)34/h4-6,14,16,19,21H,7-12,15,17,36H2,1-3H3/t19?,21-,29?/m1/s1. The van der Waals surface area contributed by atoms with Gasteiger partial charge >= 0.3 is 12.3 Å². The van der Waals surface area contributed by atoms with Gasteiger partial charge in [0, 0.05) is 47.5 Å². The van der Waals surface area contributed by atoms with Gasteiger partial charge in [0.2, 0.25) is 0 Å². The zero-order valence-corrected chi connectivity index (χ0v) is 25.4. The Morgan fingerprint density at radius 1 is 1.29 bits per heavy atom. The molecule has 2 fully saturated rings. The van der Waals surface area contributed by atoms with E-state index in [0.717, 1.165) is 25.3 Å². The van der Waals surface area contributed by atoms with Gasteiger partial charge in [0.25, 0.3) is 0 Å². The maximum absolute atomic E-state index is 13.3. The lowest BCUT2D eigenvalue weighted by Crippen LogP contribution is -2.45. The molecule has 1 aromatic heterocycles. The second kappa shape index (κ2) is 11.1. The summed E-state index contributed by atoms with van der Waals surface area (Å²) >= 11 is 3.10. The van der Waals surface area contributed by atoms with Crippen molar-refractivity contribution in [1.29, 1.82) is 5.26 Å². The number of rotatable bonds is 4. The summed E-state index contributed by atoms with van der Waals surface area (Å²) in [7, 11) is 0. The summed E-state index contributed by atoms with van der Waals surface area (Å²) in [6.07, 6.45) is 1.98. The van der Waals surface area contributed by atoms with Crippen LogP contribution in [0.2, 0.25) is 0 Å². The van der Waals surface area contributed by atoms with Crippen LogP contribution in [0, 0.1) is 28.6 Å². The van der Waals surface area contributed by atoms with Crippen LogP contribution in [0.1, 0.15) is 63.1 Å². The van der Waals surface area contributed by atoms with Gasteiger partial charge in [-0.25, -0.2) is 4.79 Å². The molecule has 1 spiro atoms. The SMILES string of the molecule is CC(C)(C)OC(=O)N1CCC2(CC([C@H]3CCN=C(c4cnn(Cc5cccc(C(F)(F)F)c5Br)c4)C(C#N)=C3N)C2)C1.